The van der Waals surface area contributed by atoms with Crippen LogP contribution in [0.4, 0.5) is 5.69 Å². The van der Waals surface area contributed by atoms with Crippen molar-refractivity contribution in [1.82, 2.24) is 0 Å². The number of hydrogen-bond acceptors (Lipinski definition) is 2. The fourth-order valence-corrected chi connectivity index (χ4v) is 2.82. The summed E-state index contributed by atoms with van der Waals surface area (Å²) in [6.07, 6.45) is 1.12. The summed E-state index contributed by atoms with van der Waals surface area (Å²) in [6.45, 7) is 4.61. The highest BCUT2D eigenvalue weighted by Crippen LogP contribution is 2.23. The van der Waals surface area contributed by atoms with Crippen molar-refractivity contribution in [2.24, 2.45) is 0 Å². The number of benzene rings is 3. The van der Waals surface area contributed by atoms with E-state index in [4.69, 9.17) is 4.74 Å². The molecule has 0 aliphatic heterocycles. The molecule has 3 aromatic carbocycles. The summed E-state index contributed by atoms with van der Waals surface area (Å²) >= 11 is 0. The number of ether oxygens (including phenoxy) is 1. The fraction of sp³-hybridized carbons (Fsp3) is 0.227. The molecule has 0 bridgehead atoms. The van der Waals surface area contributed by atoms with Gasteiger partial charge in [-0.25, -0.2) is 0 Å². The Labute approximate surface area is 148 Å². The van der Waals surface area contributed by atoms with E-state index in [1.807, 2.05) is 62.4 Å². The van der Waals surface area contributed by atoms with Crippen molar-refractivity contribution in [3.8, 4) is 5.75 Å². The van der Waals surface area contributed by atoms with Gasteiger partial charge in [-0.15, -0.1) is 0 Å². The van der Waals surface area contributed by atoms with Crippen molar-refractivity contribution in [2.75, 3.05) is 11.9 Å². The van der Waals surface area contributed by atoms with Gasteiger partial charge < -0.3 is 10.1 Å². The van der Waals surface area contributed by atoms with Gasteiger partial charge in [0.1, 0.15) is 5.75 Å². The molecule has 0 atom stereocenters. The summed E-state index contributed by atoms with van der Waals surface area (Å²) in [7, 11) is 0. The predicted octanol–water partition coefficient (Wildman–Crippen LogP) is 5.25. The smallest absolute Gasteiger partial charge is 0.224 e. The molecule has 0 unspecified atom stereocenters. The fourth-order valence-electron chi connectivity index (χ4n) is 2.82. The maximum Gasteiger partial charge on any atom is 0.224 e. The number of amides is 1. The second-order valence-corrected chi connectivity index (χ2v) is 6.30. The lowest BCUT2D eigenvalue weighted by Crippen LogP contribution is -2.13. The van der Waals surface area contributed by atoms with Gasteiger partial charge in [0.05, 0.1) is 6.61 Å². The number of aryl methyl sites for hydroxylation is 2. The highest BCUT2D eigenvalue weighted by Gasteiger charge is 2.06. The first-order valence-corrected chi connectivity index (χ1v) is 8.61. The number of hydrogen-bond donors (Lipinski definition) is 1. The summed E-state index contributed by atoms with van der Waals surface area (Å²) in [5, 5.41) is 5.19. The normalized spacial score (nSPS) is 10.6. The number of rotatable bonds is 6. The van der Waals surface area contributed by atoms with Gasteiger partial charge in [-0.3, -0.25) is 4.79 Å². The first-order valence-electron chi connectivity index (χ1n) is 8.61. The molecule has 0 saturated heterocycles. The van der Waals surface area contributed by atoms with Crippen LogP contribution in [0.2, 0.25) is 0 Å². The number of nitrogens with one attached hydrogen (secondary N) is 1. The van der Waals surface area contributed by atoms with Gasteiger partial charge in [0.25, 0.3) is 0 Å². The minimum Gasteiger partial charge on any atom is -0.493 e. The molecule has 3 aromatic rings. The number of carbonyl (C=O) groups excluding carboxylic acids is 1. The van der Waals surface area contributed by atoms with Crippen LogP contribution in [-0.2, 0) is 4.79 Å². The molecular formula is C22H23NO2. The van der Waals surface area contributed by atoms with E-state index in [9.17, 15) is 4.79 Å². The zero-order chi connectivity index (χ0) is 17.6. The highest BCUT2D eigenvalue weighted by molar-refractivity contribution is 6.02. The Morgan fingerprint density at radius 3 is 2.68 bits per heavy atom. The minimum absolute atomic E-state index is 0.0147. The molecule has 0 aliphatic carbocycles. The Balaban J connectivity index is 1.52. The zero-order valence-electron chi connectivity index (χ0n) is 14.7. The van der Waals surface area contributed by atoms with Crippen molar-refractivity contribution in [2.45, 2.75) is 26.7 Å². The maximum atomic E-state index is 12.2. The molecule has 25 heavy (non-hydrogen) atoms. The van der Waals surface area contributed by atoms with Crippen LogP contribution in [-0.4, -0.2) is 12.5 Å². The molecule has 3 nitrogen and oxygen atoms in total. The van der Waals surface area contributed by atoms with E-state index < -0.39 is 0 Å². The third-order valence-electron chi connectivity index (χ3n) is 4.21. The summed E-state index contributed by atoms with van der Waals surface area (Å²) < 4.78 is 5.81. The molecule has 0 heterocycles. The molecule has 1 amide bonds. The van der Waals surface area contributed by atoms with E-state index in [1.165, 1.54) is 5.56 Å². The van der Waals surface area contributed by atoms with Crippen LogP contribution in [0.1, 0.15) is 24.0 Å². The number of anilines is 1. The second kappa shape index (κ2) is 7.84. The van der Waals surface area contributed by atoms with Crippen molar-refractivity contribution in [3.05, 3.63) is 71.8 Å². The lowest BCUT2D eigenvalue weighted by molar-refractivity contribution is -0.116. The summed E-state index contributed by atoms with van der Waals surface area (Å²) in [5.74, 6) is 0.912. The van der Waals surface area contributed by atoms with E-state index in [1.54, 1.807) is 0 Å². The monoisotopic (exact) mass is 333 g/mol. The zero-order valence-corrected chi connectivity index (χ0v) is 14.7. The van der Waals surface area contributed by atoms with Gasteiger partial charge in [-0.2, -0.15) is 0 Å². The van der Waals surface area contributed by atoms with Crippen LogP contribution in [0.25, 0.3) is 10.8 Å². The quantitative estimate of drug-likeness (QED) is 0.625. The van der Waals surface area contributed by atoms with Crippen molar-refractivity contribution in [1.29, 1.82) is 0 Å². The van der Waals surface area contributed by atoms with Crippen molar-refractivity contribution < 1.29 is 9.53 Å². The van der Waals surface area contributed by atoms with Crippen LogP contribution < -0.4 is 10.1 Å². The van der Waals surface area contributed by atoms with E-state index in [0.29, 0.717) is 19.4 Å². The number of carbonyl (C=O) groups is 1. The van der Waals surface area contributed by atoms with Gasteiger partial charge in [0.15, 0.2) is 0 Å². The van der Waals surface area contributed by atoms with Crippen molar-refractivity contribution in [3.63, 3.8) is 0 Å². The summed E-state index contributed by atoms with van der Waals surface area (Å²) in [6, 6.07) is 20.1. The molecule has 0 saturated carbocycles. The maximum absolute atomic E-state index is 12.2. The largest absolute Gasteiger partial charge is 0.493 e. The van der Waals surface area contributed by atoms with Crippen LogP contribution in [0.15, 0.2) is 60.7 Å². The second-order valence-electron chi connectivity index (χ2n) is 6.30. The van der Waals surface area contributed by atoms with E-state index >= 15 is 0 Å². The van der Waals surface area contributed by atoms with E-state index in [2.05, 4.69) is 17.4 Å². The SMILES string of the molecule is Cc1ccc(C)c(OCCCC(=O)Nc2cccc3ccccc23)c1. The highest BCUT2D eigenvalue weighted by atomic mass is 16.5. The Hall–Kier alpha value is -2.81. The molecule has 128 valence electrons. The molecule has 3 rings (SSSR count). The lowest BCUT2D eigenvalue weighted by Gasteiger charge is -2.11. The average Bonchev–Trinajstić information content (AvgIpc) is 2.62. The minimum atomic E-state index is 0.0147. The van der Waals surface area contributed by atoms with Crippen LogP contribution in [0.3, 0.4) is 0 Å². The van der Waals surface area contributed by atoms with Gasteiger partial charge in [-0.1, -0.05) is 48.5 Å². The van der Waals surface area contributed by atoms with Crippen LogP contribution in [0.5, 0.6) is 5.75 Å². The molecule has 1 N–H and O–H groups in total. The Morgan fingerprint density at radius 1 is 1.00 bits per heavy atom. The first kappa shape index (κ1) is 17.0. The topological polar surface area (TPSA) is 38.3 Å². The molecule has 3 heteroatoms. The lowest BCUT2D eigenvalue weighted by atomic mass is 10.1. The third kappa shape index (κ3) is 4.38. The molecule has 0 aromatic heterocycles. The Kier molecular flexibility index (Phi) is 5.34. The van der Waals surface area contributed by atoms with E-state index in [0.717, 1.165) is 27.8 Å². The van der Waals surface area contributed by atoms with Gasteiger partial charge >= 0.3 is 0 Å². The average molecular weight is 333 g/mol. The Morgan fingerprint density at radius 2 is 1.80 bits per heavy atom. The van der Waals surface area contributed by atoms with Crippen molar-refractivity contribution >= 4 is 22.4 Å². The molecule has 0 spiro atoms. The molecule has 0 fully saturated rings. The molecule has 0 aliphatic rings. The summed E-state index contributed by atoms with van der Waals surface area (Å²) in [5.41, 5.74) is 3.15. The van der Waals surface area contributed by atoms with Gasteiger partial charge in [0.2, 0.25) is 5.91 Å². The van der Waals surface area contributed by atoms with Gasteiger partial charge in [0, 0.05) is 17.5 Å². The third-order valence-corrected chi connectivity index (χ3v) is 4.21. The molecular weight excluding hydrogens is 310 g/mol. The summed E-state index contributed by atoms with van der Waals surface area (Å²) in [4.78, 5) is 12.2. The predicted molar refractivity (Wildman–Crippen MR) is 103 cm³/mol. The Bertz CT molecular complexity index is 881. The standard InChI is InChI=1S/C22H23NO2/c1-16-12-13-17(2)21(15-16)25-14-6-11-22(24)23-20-10-5-8-18-7-3-4-9-19(18)20/h3-5,7-10,12-13,15H,6,11,14H2,1-2H3,(H,23,24). The van der Waals surface area contributed by atoms with E-state index in [-0.39, 0.29) is 5.91 Å². The first-order chi connectivity index (χ1) is 12.1. The van der Waals surface area contributed by atoms with Crippen LogP contribution in [0, 0.1) is 13.8 Å². The van der Waals surface area contributed by atoms with Gasteiger partial charge in [-0.05, 0) is 48.9 Å². The van der Waals surface area contributed by atoms with Crippen LogP contribution >= 0.6 is 0 Å². The number of fused-ring (bicyclic) bond motifs is 1. The molecule has 0 radical (unpaired) electrons.